The van der Waals surface area contributed by atoms with Crippen LogP contribution in [0.1, 0.15) is 13.8 Å². The van der Waals surface area contributed by atoms with E-state index in [4.69, 9.17) is 4.74 Å². The fraction of sp³-hybridized carbons (Fsp3) is 0.200. The molecule has 0 bridgehead atoms. The lowest BCUT2D eigenvalue weighted by molar-refractivity contribution is -0.118. The van der Waals surface area contributed by atoms with Crippen LogP contribution in [0, 0.1) is 5.92 Å². The van der Waals surface area contributed by atoms with E-state index < -0.39 is 0 Å². The Morgan fingerprint density at radius 3 is 2.65 bits per heavy atom. The van der Waals surface area contributed by atoms with E-state index in [9.17, 15) is 4.79 Å². The average molecular weight is 367 g/mol. The second-order valence-electron chi connectivity index (χ2n) is 6.12. The maximum atomic E-state index is 11.9. The summed E-state index contributed by atoms with van der Waals surface area (Å²) < 4.78 is 5.24. The Bertz CT molecular complexity index is 905. The predicted octanol–water partition coefficient (Wildman–Crippen LogP) is 5.16. The molecule has 2 aromatic carbocycles. The van der Waals surface area contributed by atoms with Crippen LogP contribution < -0.4 is 15.4 Å². The highest BCUT2D eigenvalue weighted by Gasteiger charge is 2.09. The van der Waals surface area contributed by atoms with Gasteiger partial charge in [0.1, 0.15) is 5.75 Å². The number of aromatic nitrogens is 1. The van der Waals surface area contributed by atoms with Gasteiger partial charge in [-0.25, -0.2) is 4.98 Å². The molecule has 0 radical (unpaired) electrons. The van der Waals surface area contributed by atoms with Gasteiger partial charge in [-0.3, -0.25) is 4.79 Å². The van der Waals surface area contributed by atoms with Crippen molar-refractivity contribution in [3.63, 3.8) is 0 Å². The smallest absolute Gasteiger partial charge is 0.226 e. The van der Waals surface area contributed by atoms with Gasteiger partial charge in [0.15, 0.2) is 5.13 Å². The van der Waals surface area contributed by atoms with Crippen molar-refractivity contribution >= 4 is 33.8 Å². The molecule has 1 heterocycles. The number of carbonyl (C=O) groups excluding carboxylic acids is 1. The van der Waals surface area contributed by atoms with E-state index in [2.05, 4.69) is 15.6 Å². The van der Waals surface area contributed by atoms with Crippen molar-refractivity contribution in [3.05, 3.63) is 53.9 Å². The number of nitrogens with zero attached hydrogens (tertiary/aromatic N) is 1. The van der Waals surface area contributed by atoms with Gasteiger partial charge in [0.25, 0.3) is 0 Å². The second kappa shape index (κ2) is 8.01. The zero-order valence-electron chi connectivity index (χ0n) is 14.9. The van der Waals surface area contributed by atoms with Crippen LogP contribution in [-0.4, -0.2) is 18.0 Å². The van der Waals surface area contributed by atoms with Crippen molar-refractivity contribution in [1.82, 2.24) is 4.98 Å². The van der Waals surface area contributed by atoms with Crippen molar-refractivity contribution in [1.29, 1.82) is 0 Å². The molecule has 0 saturated carbocycles. The van der Waals surface area contributed by atoms with Crippen LogP contribution in [0.4, 0.5) is 16.5 Å². The SMILES string of the molecule is COc1cccc(Nc2nc(-c3cccc(NC(=O)C(C)C)c3)cs2)c1. The molecule has 26 heavy (non-hydrogen) atoms. The van der Waals surface area contributed by atoms with Crippen molar-refractivity contribution in [2.75, 3.05) is 17.7 Å². The number of hydrogen-bond donors (Lipinski definition) is 2. The van der Waals surface area contributed by atoms with Crippen LogP contribution in [0.25, 0.3) is 11.3 Å². The van der Waals surface area contributed by atoms with E-state index in [0.717, 1.165) is 33.5 Å². The number of hydrogen-bond acceptors (Lipinski definition) is 5. The van der Waals surface area contributed by atoms with Crippen LogP contribution in [-0.2, 0) is 4.79 Å². The standard InChI is InChI=1S/C20H21N3O2S/c1-13(2)19(24)21-15-7-4-6-14(10-15)18-12-26-20(23-18)22-16-8-5-9-17(11-16)25-3/h4-13H,1-3H3,(H,21,24)(H,22,23). The third-order valence-corrected chi connectivity index (χ3v) is 4.53. The Morgan fingerprint density at radius 2 is 1.88 bits per heavy atom. The molecule has 5 nitrogen and oxygen atoms in total. The summed E-state index contributed by atoms with van der Waals surface area (Å²) in [5.74, 6) is 0.734. The molecule has 0 unspecified atom stereocenters. The summed E-state index contributed by atoms with van der Waals surface area (Å²) in [6.07, 6.45) is 0. The minimum absolute atomic E-state index is 0.000749. The zero-order chi connectivity index (χ0) is 18.5. The normalized spacial score (nSPS) is 10.6. The summed E-state index contributed by atoms with van der Waals surface area (Å²) in [6.45, 7) is 3.74. The molecule has 0 aliphatic heterocycles. The van der Waals surface area contributed by atoms with Crippen molar-refractivity contribution in [2.45, 2.75) is 13.8 Å². The molecule has 3 rings (SSSR count). The minimum Gasteiger partial charge on any atom is -0.497 e. The van der Waals surface area contributed by atoms with Gasteiger partial charge in [0, 0.05) is 34.3 Å². The number of thiazole rings is 1. The number of anilines is 3. The molecule has 3 aromatic rings. The maximum absolute atomic E-state index is 11.9. The molecule has 1 amide bonds. The molecule has 0 fully saturated rings. The van der Waals surface area contributed by atoms with Gasteiger partial charge in [-0.05, 0) is 24.3 Å². The highest BCUT2D eigenvalue weighted by molar-refractivity contribution is 7.14. The Labute approximate surface area is 157 Å². The molecule has 2 N–H and O–H groups in total. The Balaban J connectivity index is 1.76. The summed E-state index contributed by atoms with van der Waals surface area (Å²) in [4.78, 5) is 16.5. The monoisotopic (exact) mass is 367 g/mol. The molecule has 0 aliphatic carbocycles. The second-order valence-corrected chi connectivity index (χ2v) is 6.98. The van der Waals surface area contributed by atoms with Crippen LogP contribution in [0.15, 0.2) is 53.9 Å². The van der Waals surface area contributed by atoms with Crippen molar-refractivity contribution in [3.8, 4) is 17.0 Å². The molecular formula is C20H21N3O2S. The minimum atomic E-state index is -0.0587. The maximum Gasteiger partial charge on any atom is 0.226 e. The number of methoxy groups -OCH3 is 1. The van der Waals surface area contributed by atoms with Crippen LogP contribution >= 0.6 is 11.3 Å². The number of nitrogens with one attached hydrogen (secondary N) is 2. The molecule has 0 spiro atoms. The molecule has 0 saturated heterocycles. The molecule has 0 aliphatic rings. The highest BCUT2D eigenvalue weighted by Crippen LogP contribution is 2.29. The van der Waals surface area contributed by atoms with Gasteiger partial charge in [-0.2, -0.15) is 0 Å². The van der Waals surface area contributed by atoms with Gasteiger partial charge >= 0.3 is 0 Å². The number of amides is 1. The number of carbonyl (C=O) groups is 1. The fourth-order valence-corrected chi connectivity index (χ4v) is 3.07. The molecule has 6 heteroatoms. The molecular weight excluding hydrogens is 346 g/mol. The van der Waals surface area contributed by atoms with Gasteiger partial charge in [-0.1, -0.05) is 32.0 Å². The summed E-state index contributed by atoms with van der Waals surface area (Å²) in [5.41, 5.74) is 3.52. The lowest BCUT2D eigenvalue weighted by Gasteiger charge is -2.08. The van der Waals surface area contributed by atoms with E-state index in [1.165, 1.54) is 11.3 Å². The van der Waals surface area contributed by atoms with Crippen molar-refractivity contribution in [2.24, 2.45) is 5.92 Å². The topological polar surface area (TPSA) is 63.2 Å². The van der Waals surface area contributed by atoms with Gasteiger partial charge in [0.2, 0.25) is 5.91 Å². The first-order valence-electron chi connectivity index (χ1n) is 8.33. The lowest BCUT2D eigenvalue weighted by Crippen LogP contribution is -2.17. The first kappa shape index (κ1) is 17.9. The third kappa shape index (κ3) is 4.40. The van der Waals surface area contributed by atoms with E-state index in [0.29, 0.717) is 0 Å². The van der Waals surface area contributed by atoms with Crippen LogP contribution in [0.5, 0.6) is 5.75 Å². The summed E-state index contributed by atoms with van der Waals surface area (Å²) in [5, 5.41) is 8.99. The molecule has 134 valence electrons. The number of ether oxygens (including phenoxy) is 1. The van der Waals surface area contributed by atoms with Gasteiger partial charge in [0.05, 0.1) is 12.8 Å². The average Bonchev–Trinajstić information content (AvgIpc) is 3.10. The van der Waals surface area contributed by atoms with E-state index in [1.807, 2.05) is 67.8 Å². The summed E-state index contributed by atoms with van der Waals surface area (Å²) >= 11 is 1.53. The van der Waals surface area contributed by atoms with Gasteiger partial charge in [-0.15, -0.1) is 11.3 Å². The van der Waals surface area contributed by atoms with Gasteiger partial charge < -0.3 is 15.4 Å². The Hall–Kier alpha value is -2.86. The van der Waals surface area contributed by atoms with E-state index in [-0.39, 0.29) is 11.8 Å². The highest BCUT2D eigenvalue weighted by atomic mass is 32.1. The van der Waals surface area contributed by atoms with Crippen molar-refractivity contribution < 1.29 is 9.53 Å². The predicted molar refractivity (Wildman–Crippen MR) is 107 cm³/mol. The lowest BCUT2D eigenvalue weighted by atomic mass is 10.1. The summed E-state index contributed by atoms with van der Waals surface area (Å²) in [7, 11) is 1.64. The first-order valence-corrected chi connectivity index (χ1v) is 9.21. The van der Waals surface area contributed by atoms with E-state index in [1.54, 1.807) is 7.11 Å². The summed E-state index contributed by atoms with van der Waals surface area (Å²) in [6, 6.07) is 15.4. The zero-order valence-corrected chi connectivity index (χ0v) is 15.8. The quantitative estimate of drug-likeness (QED) is 0.632. The Kier molecular flexibility index (Phi) is 5.53. The number of benzene rings is 2. The number of rotatable bonds is 6. The Morgan fingerprint density at radius 1 is 1.12 bits per heavy atom. The van der Waals surface area contributed by atoms with Crippen LogP contribution in [0.2, 0.25) is 0 Å². The third-order valence-electron chi connectivity index (χ3n) is 3.78. The fourth-order valence-electron chi connectivity index (χ4n) is 2.33. The first-order chi connectivity index (χ1) is 12.5. The molecule has 1 aromatic heterocycles. The molecule has 0 atom stereocenters. The van der Waals surface area contributed by atoms with Crippen LogP contribution in [0.3, 0.4) is 0 Å². The largest absolute Gasteiger partial charge is 0.497 e. The van der Waals surface area contributed by atoms with E-state index >= 15 is 0 Å².